The summed E-state index contributed by atoms with van der Waals surface area (Å²) in [5.41, 5.74) is 3.81. The third-order valence-corrected chi connectivity index (χ3v) is 7.47. The van der Waals surface area contributed by atoms with Crippen LogP contribution < -0.4 is 10.6 Å². The molecule has 0 atom stereocenters. The number of benzene rings is 2. The van der Waals surface area contributed by atoms with E-state index in [0.29, 0.717) is 40.3 Å². The fraction of sp³-hybridized carbons (Fsp3) is 0.189. The summed E-state index contributed by atoms with van der Waals surface area (Å²) in [6, 6.07) is 29.0. The number of aryl methyl sites for hydroxylation is 2. The average molecular weight is 788 g/mol. The number of ketones is 1. The molecule has 0 saturated carbocycles. The van der Waals surface area contributed by atoms with E-state index in [2.05, 4.69) is 72.0 Å². The molecule has 0 bridgehead atoms. The van der Waals surface area contributed by atoms with Crippen molar-refractivity contribution < 1.29 is 28.9 Å². The topological polar surface area (TPSA) is 253 Å². The molecule has 0 unspecified atom stereocenters. The van der Waals surface area contributed by atoms with Crippen molar-refractivity contribution in [3.8, 4) is 0 Å². The predicted octanol–water partition coefficient (Wildman–Crippen LogP) is 2.64. The van der Waals surface area contributed by atoms with Crippen molar-refractivity contribution in [2.24, 2.45) is 29.6 Å². The molecule has 6 aromatic rings. The maximum atomic E-state index is 12.0. The number of tetrazole rings is 2. The zero-order valence-electron chi connectivity index (χ0n) is 31.9. The Morgan fingerprint density at radius 1 is 0.603 bits per heavy atom. The van der Waals surface area contributed by atoms with Gasteiger partial charge in [0.05, 0.1) is 11.4 Å². The van der Waals surface area contributed by atoms with Gasteiger partial charge in [-0.15, -0.1) is 10.2 Å². The molecular weight excluding hydrogens is 751 g/mol. The van der Waals surface area contributed by atoms with Crippen molar-refractivity contribution in [3.63, 3.8) is 0 Å². The van der Waals surface area contributed by atoms with Crippen LogP contribution in [0.1, 0.15) is 48.0 Å². The molecule has 2 amide bonds. The van der Waals surface area contributed by atoms with Crippen LogP contribution in [-0.4, -0.2) is 92.2 Å². The van der Waals surface area contributed by atoms with E-state index in [9.17, 15) is 14.4 Å². The number of hydrogen-bond acceptors (Lipinski definition) is 17. The molecule has 0 fully saturated rings. The molecule has 0 aliphatic carbocycles. The monoisotopic (exact) mass is 787 g/mol. The Bertz CT molecular complexity index is 2410. The van der Waals surface area contributed by atoms with Crippen LogP contribution in [-0.2, 0) is 56.2 Å². The molecule has 2 N–H and O–H groups in total. The van der Waals surface area contributed by atoms with Crippen molar-refractivity contribution in [3.05, 3.63) is 131 Å². The Balaban J connectivity index is 0.000000221. The van der Waals surface area contributed by atoms with Gasteiger partial charge < -0.3 is 25.1 Å². The third-order valence-electron chi connectivity index (χ3n) is 7.47. The first-order valence-electron chi connectivity index (χ1n) is 17.2. The second kappa shape index (κ2) is 20.5. The Kier molecular flexibility index (Phi) is 14.5. The van der Waals surface area contributed by atoms with Crippen molar-refractivity contribution in [1.29, 1.82) is 0 Å². The van der Waals surface area contributed by atoms with Gasteiger partial charge >= 0.3 is 0 Å². The van der Waals surface area contributed by atoms with Crippen LogP contribution in [0.4, 0.5) is 11.6 Å². The van der Waals surface area contributed by atoms with E-state index in [1.54, 1.807) is 50.5 Å². The molecule has 0 saturated heterocycles. The maximum Gasteiger partial charge on any atom is 0.292 e. The number of amides is 2. The first-order chi connectivity index (χ1) is 28.1. The van der Waals surface area contributed by atoms with Gasteiger partial charge in [-0.1, -0.05) is 88.3 Å². The third kappa shape index (κ3) is 11.7. The number of rotatable bonds is 15. The molecule has 0 aliphatic rings. The highest BCUT2D eigenvalue weighted by atomic mass is 16.6. The zero-order chi connectivity index (χ0) is 41.3. The fourth-order valence-electron chi connectivity index (χ4n) is 4.67. The van der Waals surface area contributed by atoms with Crippen LogP contribution in [0.25, 0.3) is 0 Å². The van der Waals surface area contributed by atoms with E-state index in [-0.39, 0.29) is 24.7 Å². The lowest BCUT2D eigenvalue weighted by Crippen LogP contribution is -2.21. The van der Waals surface area contributed by atoms with Crippen LogP contribution in [0.2, 0.25) is 0 Å². The van der Waals surface area contributed by atoms with E-state index in [1.807, 2.05) is 60.7 Å². The largest absolute Gasteiger partial charge is 0.399 e. The summed E-state index contributed by atoms with van der Waals surface area (Å²) in [7, 11) is 4.79. The van der Waals surface area contributed by atoms with Crippen LogP contribution in [0.5, 0.6) is 0 Å². The summed E-state index contributed by atoms with van der Waals surface area (Å²) >= 11 is 0. The van der Waals surface area contributed by atoms with Crippen molar-refractivity contribution >= 4 is 46.4 Å². The standard InChI is InChI=1S/C19H20N8O3.C18H17N7O3/c1-13(23-29-3)19(28)21-16-11-7-10-15(20-16)12-30-24-17(14-8-5-4-6-9-14)18-22-25-26-27(18)2;1-12(26)18(27)20-15-10-6-9-14(19-15)11-28-22-16(13-7-4-3-5-8-13)17-21-23-24-25(17)2/h4-11H,12H2,1-3H3,(H,20,21,28);3-10H,11H2,1-2H3,(H,19,20,27)/b23-13?,24-17-;22-16-. The van der Waals surface area contributed by atoms with Crippen molar-refractivity contribution in [2.75, 3.05) is 17.7 Å². The molecule has 4 aromatic heterocycles. The van der Waals surface area contributed by atoms with Gasteiger partial charge in [-0.25, -0.2) is 19.3 Å². The number of oxime groups is 3. The van der Waals surface area contributed by atoms with Crippen LogP contribution in [0, 0.1) is 0 Å². The average Bonchev–Trinajstić information content (AvgIpc) is 3.86. The highest BCUT2D eigenvalue weighted by Crippen LogP contribution is 2.12. The van der Waals surface area contributed by atoms with Gasteiger partial charge in [0.1, 0.15) is 24.5 Å². The minimum absolute atomic E-state index is 0.0470. The lowest BCUT2D eigenvalue weighted by molar-refractivity contribution is -0.133. The Hall–Kier alpha value is -8.10. The Labute approximate surface area is 330 Å². The summed E-state index contributed by atoms with van der Waals surface area (Å²) < 4.78 is 3.00. The minimum Gasteiger partial charge on any atom is -0.399 e. The Morgan fingerprint density at radius 3 is 1.45 bits per heavy atom. The number of aromatic nitrogens is 10. The predicted molar refractivity (Wildman–Crippen MR) is 208 cm³/mol. The number of pyridine rings is 2. The van der Waals surface area contributed by atoms with E-state index < -0.39 is 17.6 Å². The van der Waals surface area contributed by atoms with Crippen molar-refractivity contribution in [1.82, 2.24) is 50.4 Å². The number of hydrogen-bond donors (Lipinski definition) is 2. The first kappa shape index (κ1) is 41.1. The maximum absolute atomic E-state index is 12.0. The van der Waals surface area contributed by atoms with E-state index >= 15 is 0 Å². The van der Waals surface area contributed by atoms with Crippen LogP contribution in [0.15, 0.2) is 113 Å². The summed E-state index contributed by atoms with van der Waals surface area (Å²) in [6.07, 6.45) is 0. The van der Waals surface area contributed by atoms with Gasteiger partial charge in [-0.3, -0.25) is 14.4 Å². The summed E-state index contributed by atoms with van der Waals surface area (Å²) in [5.74, 6) is -0.226. The molecule has 0 spiro atoms. The summed E-state index contributed by atoms with van der Waals surface area (Å²) in [4.78, 5) is 58.7. The number of nitrogens with zero attached hydrogens (tertiary/aromatic N) is 13. The van der Waals surface area contributed by atoms with E-state index in [4.69, 9.17) is 9.68 Å². The molecule has 21 nitrogen and oxygen atoms in total. The number of carbonyl (C=O) groups excluding carboxylic acids is 3. The number of Topliss-reactive ketones (excluding diaryl/α,β-unsaturated/α-hetero) is 1. The highest BCUT2D eigenvalue weighted by Gasteiger charge is 2.17. The number of nitrogens with one attached hydrogen (secondary N) is 2. The van der Waals surface area contributed by atoms with Gasteiger partial charge in [0.2, 0.25) is 17.4 Å². The smallest absolute Gasteiger partial charge is 0.292 e. The summed E-state index contributed by atoms with van der Waals surface area (Å²) in [5, 5.41) is 40.0. The lowest BCUT2D eigenvalue weighted by atomic mass is 10.1. The van der Waals surface area contributed by atoms with Gasteiger partial charge in [0, 0.05) is 32.1 Å². The normalized spacial score (nSPS) is 11.5. The van der Waals surface area contributed by atoms with Gasteiger partial charge in [0.15, 0.2) is 24.6 Å². The zero-order valence-corrected chi connectivity index (χ0v) is 31.9. The molecule has 58 heavy (non-hydrogen) atoms. The van der Waals surface area contributed by atoms with E-state index in [0.717, 1.165) is 11.1 Å². The lowest BCUT2D eigenvalue weighted by Gasteiger charge is -2.07. The fourth-order valence-corrected chi connectivity index (χ4v) is 4.67. The second-order valence-electron chi connectivity index (χ2n) is 11.8. The Morgan fingerprint density at radius 2 is 1.05 bits per heavy atom. The summed E-state index contributed by atoms with van der Waals surface area (Å²) in [6.45, 7) is 2.85. The molecule has 0 radical (unpaired) electrons. The number of carbonyl (C=O) groups is 3. The van der Waals surface area contributed by atoms with Crippen molar-refractivity contribution in [2.45, 2.75) is 27.1 Å². The molecular formula is C37H37N15O6. The van der Waals surface area contributed by atoms with Crippen LogP contribution in [0.3, 0.4) is 0 Å². The quantitative estimate of drug-likeness (QED) is 0.0863. The highest BCUT2D eigenvalue weighted by molar-refractivity contribution is 6.42. The van der Waals surface area contributed by atoms with Gasteiger partial charge in [0.25, 0.3) is 11.8 Å². The van der Waals surface area contributed by atoms with E-state index in [1.165, 1.54) is 30.3 Å². The number of anilines is 2. The molecule has 296 valence electrons. The molecule has 6 rings (SSSR count). The molecule has 2 aromatic carbocycles. The van der Waals surface area contributed by atoms with Gasteiger partial charge in [-0.2, -0.15) is 0 Å². The molecule has 4 heterocycles. The van der Waals surface area contributed by atoms with Gasteiger partial charge in [-0.05, 0) is 52.0 Å². The molecule has 21 heteroatoms. The molecule has 0 aliphatic heterocycles. The first-order valence-corrected chi connectivity index (χ1v) is 17.2. The second-order valence-corrected chi connectivity index (χ2v) is 11.8. The van der Waals surface area contributed by atoms with Crippen LogP contribution >= 0.6 is 0 Å². The SMILES string of the molecule is CC(=O)C(=O)Nc1cccc(CO/N=C(/c2ccccc2)c2nnnn2C)n1.CON=C(C)C(=O)Nc1cccc(CO/N=C(/c2ccccc2)c2nnnn2C)n1. The minimum atomic E-state index is -0.732.